The predicted molar refractivity (Wildman–Crippen MR) is 138 cm³/mol. The quantitative estimate of drug-likeness (QED) is 0.296. The van der Waals surface area contributed by atoms with Crippen LogP contribution < -0.4 is 20.7 Å². The maximum absolute atomic E-state index is 14.1. The third-order valence-electron chi connectivity index (χ3n) is 5.52. The highest BCUT2D eigenvalue weighted by molar-refractivity contribution is 7.97. The van der Waals surface area contributed by atoms with E-state index in [0.717, 1.165) is 15.9 Å². The largest absolute Gasteiger partial charge is 0.493 e. The van der Waals surface area contributed by atoms with Crippen LogP contribution in [0, 0.1) is 11.3 Å². The molecule has 0 atom stereocenters. The molecule has 0 fully saturated rings. The summed E-state index contributed by atoms with van der Waals surface area (Å²) in [5, 5.41) is 13.7. The maximum Gasteiger partial charge on any atom is 0.208 e. The molecule has 0 saturated heterocycles. The smallest absolute Gasteiger partial charge is 0.208 e. The fourth-order valence-electron chi connectivity index (χ4n) is 4.13. The molecule has 0 spiro atoms. The molecule has 0 amide bonds. The molecule has 33 heavy (non-hydrogen) atoms. The number of benzene rings is 4. The molecule has 0 N–H and O–H groups in total. The lowest BCUT2D eigenvalue weighted by Crippen LogP contribution is -2.33. The average Bonchev–Trinajstić information content (AvgIpc) is 2.89. The number of ether oxygens (including phenoxy) is 1. The molecule has 0 aliphatic heterocycles. The first kappa shape index (κ1) is 22.3. The summed E-state index contributed by atoms with van der Waals surface area (Å²) in [7, 11) is 0. The Bertz CT molecular complexity index is 1240. The van der Waals surface area contributed by atoms with E-state index in [-0.39, 0.29) is 11.1 Å². The number of hydrogen-bond acceptors (Lipinski definition) is 3. The topological polar surface area (TPSA) is 50.1 Å². The Hall–Kier alpha value is -3.86. The fourth-order valence-corrected chi connectivity index (χ4v) is 8.23. The molecule has 4 aromatic carbocycles. The summed E-state index contributed by atoms with van der Waals surface area (Å²) in [5.74, 6) is 0.191. The Morgan fingerprint density at radius 1 is 0.727 bits per heavy atom. The van der Waals surface area contributed by atoms with Crippen molar-refractivity contribution in [2.75, 3.05) is 6.61 Å². The van der Waals surface area contributed by atoms with Crippen molar-refractivity contribution in [3.05, 3.63) is 121 Å². The fraction of sp³-hybridized carbons (Fsp3) is 0.0690. The van der Waals surface area contributed by atoms with E-state index in [9.17, 15) is 10.1 Å². The number of hydrogen-bond donors (Lipinski definition) is 0. The summed E-state index contributed by atoms with van der Waals surface area (Å²) in [4.78, 5) is 14.1. The summed E-state index contributed by atoms with van der Waals surface area (Å²) in [6.07, 6.45) is 0. The zero-order chi connectivity index (χ0) is 23.1. The van der Waals surface area contributed by atoms with Gasteiger partial charge in [-0.2, -0.15) is 5.26 Å². The first-order valence-corrected chi connectivity index (χ1v) is 12.6. The van der Waals surface area contributed by atoms with Crippen molar-refractivity contribution in [1.29, 1.82) is 5.26 Å². The molecule has 4 heteroatoms. The SMILES string of the molecule is CCOc1ccccc1C(=O)C(C#N)=P(c1ccccc1)(c1ccccc1)c1ccccc1. The van der Waals surface area contributed by atoms with E-state index < -0.39 is 6.89 Å². The van der Waals surface area contributed by atoms with Crippen molar-refractivity contribution >= 4 is 33.9 Å². The standard InChI is InChI=1S/C29H24NO2P/c1-2-32-27-21-13-12-20-26(27)29(31)28(22-30)33(23-14-6-3-7-15-23,24-16-8-4-9-17-24)25-18-10-5-11-19-25/h3-21H,2H2,1H3. The van der Waals surface area contributed by atoms with E-state index in [0.29, 0.717) is 17.9 Å². The van der Waals surface area contributed by atoms with Crippen LogP contribution in [-0.4, -0.2) is 17.7 Å². The Morgan fingerprint density at radius 3 is 1.58 bits per heavy atom. The average molecular weight is 449 g/mol. The first-order valence-electron chi connectivity index (χ1n) is 10.8. The Morgan fingerprint density at radius 2 is 1.15 bits per heavy atom. The molecule has 4 aromatic rings. The van der Waals surface area contributed by atoms with Crippen LogP contribution in [0.25, 0.3) is 0 Å². The minimum absolute atomic E-state index is 0.234. The second-order valence-corrected chi connectivity index (χ2v) is 10.7. The van der Waals surface area contributed by atoms with Crippen molar-refractivity contribution in [2.45, 2.75) is 6.92 Å². The van der Waals surface area contributed by atoms with Gasteiger partial charge < -0.3 is 4.74 Å². The monoisotopic (exact) mass is 449 g/mol. The zero-order valence-electron chi connectivity index (χ0n) is 18.4. The summed E-state index contributed by atoms with van der Waals surface area (Å²) in [6, 6.07) is 39.3. The van der Waals surface area contributed by atoms with Gasteiger partial charge in [0.1, 0.15) is 17.1 Å². The van der Waals surface area contributed by atoms with Gasteiger partial charge in [-0.3, -0.25) is 4.79 Å². The maximum atomic E-state index is 14.1. The van der Waals surface area contributed by atoms with Gasteiger partial charge in [0.25, 0.3) is 0 Å². The van der Waals surface area contributed by atoms with Gasteiger partial charge in [-0.05, 0) is 41.9 Å². The highest BCUT2D eigenvalue weighted by atomic mass is 31.2. The van der Waals surface area contributed by atoms with Crippen molar-refractivity contribution in [3.63, 3.8) is 0 Å². The number of nitriles is 1. The molecule has 0 saturated carbocycles. The number of rotatable bonds is 7. The highest BCUT2D eigenvalue weighted by Gasteiger charge is 2.34. The van der Waals surface area contributed by atoms with Crippen molar-refractivity contribution in [3.8, 4) is 11.8 Å². The predicted octanol–water partition coefficient (Wildman–Crippen LogP) is 4.96. The molecular formula is C29H24NO2P. The van der Waals surface area contributed by atoms with Gasteiger partial charge in [0.15, 0.2) is 0 Å². The number of Topliss-reactive ketones (excluding diaryl/α,β-unsaturated/α-hetero) is 1. The lowest BCUT2D eigenvalue weighted by Gasteiger charge is -2.30. The van der Waals surface area contributed by atoms with Crippen molar-refractivity contribution in [1.82, 2.24) is 0 Å². The van der Waals surface area contributed by atoms with E-state index in [4.69, 9.17) is 4.74 Å². The number of nitrogens with zero attached hydrogens (tertiary/aromatic N) is 1. The molecule has 3 nitrogen and oxygen atoms in total. The molecule has 4 rings (SSSR count). The van der Waals surface area contributed by atoms with E-state index in [1.54, 1.807) is 18.2 Å². The van der Waals surface area contributed by atoms with Gasteiger partial charge in [0, 0.05) is 0 Å². The molecule has 162 valence electrons. The van der Waals surface area contributed by atoms with Crippen LogP contribution in [0.1, 0.15) is 17.3 Å². The zero-order valence-corrected chi connectivity index (χ0v) is 19.3. The van der Waals surface area contributed by atoms with Crippen LogP contribution >= 0.6 is 6.89 Å². The Balaban J connectivity index is 2.18. The van der Waals surface area contributed by atoms with Crippen LogP contribution in [0.5, 0.6) is 5.75 Å². The van der Waals surface area contributed by atoms with Gasteiger partial charge in [0.2, 0.25) is 5.78 Å². The number of para-hydroxylation sites is 1. The molecule has 0 aliphatic carbocycles. The Kier molecular flexibility index (Phi) is 6.89. The summed E-state index contributed by atoms with van der Waals surface area (Å²) < 4.78 is 5.75. The van der Waals surface area contributed by atoms with E-state index >= 15 is 0 Å². The molecule has 0 heterocycles. The van der Waals surface area contributed by atoms with Crippen LogP contribution in [0.4, 0.5) is 0 Å². The van der Waals surface area contributed by atoms with Gasteiger partial charge in [-0.1, -0.05) is 103 Å². The molecule has 0 aliphatic rings. The summed E-state index contributed by atoms with van der Waals surface area (Å²) >= 11 is 0. The molecule has 0 bridgehead atoms. The lowest BCUT2D eigenvalue weighted by molar-refractivity contribution is 0.106. The second-order valence-electron chi connectivity index (χ2n) is 7.40. The highest BCUT2D eigenvalue weighted by Crippen LogP contribution is 2.47. The molecular weight excluding hydrogens is 425 g/mol. The molecule has 0 unspecified atom stereocenters. The van der Waals surface area contributed by atoms with Crippen LogP contribution in [0.15, 0.2) is 115 Å². The third-order valence-corrected chi connectivity index (χ3v) is 9.71. The summed E-state index contributed by atoms with van der Waals surface area (Å²) in [6.45, 7) is -0.460. The Labute approximate surface area is 194 Å². The van der Waals surface area contributed by atoms with Crippen LogP contribution in [0.2, 0.25) is 0 Å². The number of carbonyl (C=O) groups is 1. The van der Waals surface area contributed by atoms with E-state index in [1.807, 2.05) is 104 Å². The van der Waals surface area contributed by atoms with Crippen LogP contribution in [0.3, 0.4) is 0 Å². The third kappa shape index (κ3) is 4.14. The number of ketones is 1. The van der Waals surface area contributed by atoms with Gasteiger partial charge in [0.05, 0.1) is 12.2 Å². The van der Waals surface area contributed by atoms with Gasteiger partial charge >= 0.3 is 0 Å². The summed E-state index contributed by atoms with van der Waals surface area (Å²) in [5.41, 5.74) is 0.406. The minimum Gasteiger partial charge on any atom is -0.493 e. The second kappa shape index (κ2) is 10.2. The van der Waals surface area contributed by atoms with E-state index in [2.05, 4.69) is 6.07 Å². The minimum atomic E-state index is -2.77. The normalized spacial score (nSPS) is 10.8. The van der Waals surface area contributed by atoms with Gasteiger partial charge in [-0.25, -0.2) is 0 Å². The van der Waals surface area contributed by atoms with E-state index in [1.165, 1.54) is 0 Å². The molecule has 0 radical (unpaired) electrons. The lowest BCUT2D eigenvalue weighted by atomic mass is 10.1. The van der Waals surface area contributed by atoms with Crippen LogP contribution in [-0.2, 0) is 0 Å². The first-order chi connectivity index (χ1) is 16.2. The van der Waals surface area contributed by atoms with Gasteiger partial charge in [-0.15, -0.1) is 0 Å². The van der Waals surface area contributed by atoms with Crippen molar-refractivity contribution < 1.29 is 9.53 Å². The number of carbonyl (C=O) groups excluding carboxylic acids is 1. The molecule has 0 aromatic heterocycles. The van der Waals surface area contributed by atoms with Crippen molar-refractivity contribution in [2.24, 2.45) is 0 Å².